The Morgan fingerprint density at radius 2 is 2.13 bits per heavy atom. The van der Waals surface area contributed by atoms with E-state index in [1.54, 1.807) is 0 Å². The Balaban J connectivity index is 2.86. The normalized spacial score (nSPS) is 10.5. The highest BCUT2D eigenvalue weighted by Gasteiger charge is 2.16. The monoisotopic (exact) mass is 226 g/mol. The van der Waals surface area contributed by atoms with Crippen LogP contribution in [-0.4, -0.2) is 21.3 Å². The number of nitrogens with zero attached hydrogens (tertiary/aromatic N) is 2. The first-order valence-corrected chi connectivity index (χ1v) is 4.32. The highest BCUT2D eigenvalue weighted by molar-refractivity contribution is 6.37. The minimum Gasteiger partial charge on any atom is -0.476 e. The minimum atomic E-state index is -1.29. The van der Waals surface area contributed by atoms with Gasteiger partial charge in [-0.05, 0) is 6.07 Å². The molecule has 0 saturated carbocycles. The van der Waals surface area contributed by atoms with Gasteiger partial charge in [-0.1, -0.05) is 23.7 Å². The van der Waals surface area contributed by atoms with E-state index in [2.05, 4.69) is 10.2 Å². The summed E-state index contributed by atoms with van der Waals surface area (Å²) < 4.78 is 13.2. The Morgan fingerprint density at radius 3 is 2.80 bits per heavy atom. The van der Waals surface area contributed by atoms with Crippen LogP contribution in [0.25, 0.3) is 10.9 Å². The average molecular weight is 227 g/mol. The number of hydrogen-bond donors (Lipinski definition) is 1. The molecule has 0 fully saturated rings. The first-order valence-electron chi connectivity index (χ1n) is 3.95. The summed E-state index contributed by atoms with van der Waals surface area (Å²) in [7, 11) is 0. The topological polar surface area (TPSA) is 63.1 Å². The number of rotatable bonds is 1. The summed E-state index contributed by atoms with van der Waals surface area (Å²) in [4.78, 5) is 10.7. The van der Waals surface area contributed by atoms with Crippen molar-refractivity contribution in [2.24, 2.45) is 0 Å². The molecule has 1 aromatic heterocycles. The number of halogens is 2. The van der Waals surface area contributed by atoms with E-state index in [-0.39, 0.29) is 21.6 Å². The molecule has 0 saturated heterocycles. The second-order valence-electron chi connectivity index (χ2n) is 2.80. The first kappa shape index (κ1) is 9.79. The molecule has 2 rings (SSSR count). The van der Waals surface area contributed by atoms with E-state index in [4.69, 9.17) is 16.7 Å². The van der Waals surface area contributed by atoms with Crippen LogP contribution in [0.1, 0.15) is 10.5 Å². The lowest BCUT2D eigenvalue weighted by atomic mass is 10.2. The summed E-state index contributed by atoms with van der Waals surface area (Å²) in [5.41, 5.74) is -0.415. The number of carboxylic acids is 1. The Morgan fingerprint density at radius 1 is 1.40 bits per heavy atom. The second kappa shape index (κ2) is 3.43. The van der Waals surface area contributed by atoms with E-state index in [1.807, 2.05) is 0 Å². The third-order valence-electron chi connectivity index (χ3n) is 1.88. The van der Waals surface area contributed by atoms with Gasteiger partial charge < -0.3 is 5.11 Å². The maximum absolute atomic E-state index is 13.2. The number of aromatic nitrogens is 2. The largest absolute Gasteiger partial charge is 0.476 e. The molecule has 0 aliphatic rings. The Labute approximate surface area is 88.3 Å². The zero-order valence-corrected chi connectivity index (χ0v) is 7.99. The van der Waals surface area contributed by atoms with Gasteiger partial charge in [-0.2, -0.15) is 0 Å². The maximum atomic E-state index is 13.2. The number of carbonyl (C=O) groups is 1. The van der Waals surface area contributed by atoms with Gasteiger partial charge >= 0.3 is 5.97 Å². The molecule has 0 radical (unpaired) electrons. The summed E-state index contributed by atoms with van der Waals surface area (Å²) in [6, 6.07) is 4.12. The summed E-state index contributed by atoms with van der Waals surface area (Å²) in [6.45, 7) is 0. The predicted octanol–water partition coefficient (Wildman–Crippen LogP) is 2.12. The molecule has 0 spiro atoms. The standard InChI is InChI=1S/C9H4ClFN2O2/c10-6-4-2-1-3-5(11)7(4)12-13-8(6)9(14)15/h1-3H,(H,14,15). The van der Waals surface area contributed by atoms with Gasteiger partial charge in [-0.25, -0.2) is 9.18 Å². The molecule has 2 aromatic rings. The van der Waals surface area contributed by atoms with Crippen molar-refractivity contribution in [2.75, 3.05) is 0 Å². The maximum Gasteiger partial charge on any atom is 0.358 e. The van der Waals surface area contributed by atoms with E-state index in [0.717, 1.165) is 0 Å². The molecular formula is C9H4ClFN2O2. The minimum absolute atomic E-state index is 0.0347. The lowest BCUT2D eigenvalue weighted by Crippen LogP contribution is -2.04. The second-order valence-corrected chi connectivity index (χ2v) is 3.18. The predicted molar refractivity (Wildman–Crippen MR) is 51.5 cm³/mol. The van der Waals surface area contributed by atoms with Crippen LogP contribution in [0.4, 0.5) is 4.39 Å². The van der Waals surface area contributed by atoms with Crippen molar-refractivity contribution in [3.63, 3.8) is 0 Å². The van der Waals surface area contributed by atoms with Crippen molar-refractivity contribution in [2.45, 2.75) is 0 Å². The van der Waals surface area contributed by atoms with E-state index in [9.17, 15) is 9.18 Å². The molecule has 76 valence electrons. The van der Waals surface area contributed by atoms with Crippen LogP contribution in [0.3, 0.4) is 0 Å². The van der Waals surface area contributed by atoms with Crippen LogP contribution >= 0.6 is 11.6 Å². The first-order chi connectivity index (χ1) is 7.11. The van der Waals surface area contributed by atoms with E-state index in [0.29, 0.717) is 0 Å². The molecule has 0 aliphatic heterocycles. The molecule has 1 N–H and O–H groups in total. The quantitative estimate of drug-likeness (QED) is 0.809. The molecule has 15 heavy (non-hydrogen) atoms. The lowest BCUT2D eigenvalue weighted by molar-refractivity contribution is 0.0689. The van der Waals surface area contributed by atoms with Gasteiger partial charge in [0.15, 0.2) is 11.5 Å². The van der Waals surface area contributed by atoms with Crippen LogP contribution in [0.2, 0.25) is 5.02 Å². The van der Waals surface area contributed by atoms with E-state index in [1.165, 1.54) is 18.2 Å². The zero-order valence-electron chi connectivity index (χ0n) is 7.24. The molecule has 0 amide bonds. The number of benzene rings is 1. The van der Waals surface area contributed by atoms with Gasteiger partial charge in [0.1, 0.15) is 5.52 Å². The molecule has 6 heteroatoms. The number of fused-ring (bicyclic) bond motifs is 1. The van der Waals surface area contributed by atoms with Crippen LogP contribution in [0, 0.1) is 5.82 Å². The van der Waals surface area contributed by atoms with Crippen molar-refractivity contribution in [1.29, 1.82) is 0 Å². The van der Waals surface area contributed by atoms with Crippen LogP contribution < -0.4 is 0 Å². The van der Waals surface area contributed by atoms with E-state index < -0.39 is 11.8 Å². The zero-order chi connectivity index (χ0) is 11.0. The third kappa shape index (κ3) is 1.50. The number of carboxylic acid groups (broad SMARTS) is 1. The molecule has 0 aliphatic carbocycles. The summed E-state index contributed by atoms with van der Waals surface area (Å²) >= 11 is 5.76. The smallest absolute Gasteiger partial charge is 0.358 e. The Hall–Kier alpha value is -1.75. The van der Waals surface area contributed by atoms with Crippen molar-refractivity contribution < 1.29 is 14.3 Å². The third-order valence-corrected chi connectivity index (χ3v) is 2.27. The summed E-state index contributed by atoms with van der Waals surface area (Å²) in [5, 5.41) is 15.7. The van der Waals surface area contributed by atoms with Crippen LogP contribution in [0.5, 0.6) is 0 Å². The van der Waals surface area contributed by atoms with Gasteiger partial charge in [0.05, 0.1) is 5.02 Å². The van der Waals surface area contributed by atoms with Crippen LogP contribution in [-0.2, 0) is 0 Å². The van der Waals surface area contributed by atoms with Gasteiger partial charge in [0, 0.05) is 5.39 Å². The summed E-state index contributed by atoms with van der Waals surface area (Å²) in [6.07, 6.45) is 0. The van der Waals surface area contributed by atoms with Gasteiger partial charge in [0.25, 0.3) is 0 Å². The number of aromatic carboxylic acids is 1. The van der Waals surface area contributed by atoms with Crippen molar-refractivity contribution in [3.8, 4) is 0 Å². The molecular weight excluding hydrogens is 223 g/mol. The van der Waals surface area contributed by atoms with Gasteiger partial charge in [-0.3, -0.25) is 0 Å². The SMILES string of the molecule is O=C(O)c1nnc2c(F)cccc2c1Cl. The molecule has 0 unspecified atom stereocenters. The molecule has 0 atom stereocenters. The highest BCUT2D eigenvalue weighted by Crippen LogP contribution is 2.25. The molecule has 1 aromatic carbocycles. The fourth-order valence-corrected chi connectivity index (χ4v) is 1.47. The van der Waals surface area contributed by atoms with Gasteiger partial charge in [0.2, 0.25) is 0 Å². The van der Waals surface area contributed by atoms with Crippen molar-refractivity contribution in [3.05, 3.63) is 34.7 Å². The Bertz CT molecular complexity index is 559. The lowest BCUT2D eigenvalue weighted by Gasteiger charge is -2.02. The molecule has 0 bridgehead atoms. The van der Waals surface area contributed by atoms with Crippen LogP contribution in [0.15, 0.2) is 18.2 Å². The summed E-state index contributed by atoms with van der Waals surface area (Å²) in [5.74, 6) is -1.88. The van der Waals surface area contributed by atoms with Crippen molar-refractivity contribution >= 4 is 28.5 Å². The number of hydrogen-bond acceptors (Lipinski definition) is 3. The van der Waals surface area contributed by atoms with E-state index >= 15 is 0 Å². The highest BCUT2D eigenvalue weighted by atomic mass is 35.5. The van der Waals surface area contributed by atoms with Crippen molar-refractivity contribution in [1.82, 2.24) is 10.2 Å². The van der Waals surface area contributed by atoms with Gasteiger partial charge in [-0.15, -0.1) is 10.2 Å². The fraction of sp³-hybridized carbons (Fsp3) is 0. The average Bonchev–Trinajstić information content (AvgIpc) is 2.19. The molecule has 4 nitrogen and oxygen atoms in total. The Kier molecular flexibility index (Phi) is 2.24. The fourth-order valence-electron chi connectivity index (χ4n) is 1.20. The molecule has 1 heterocycles.